The first kappa shape index (κ1) is 28.1. The fourth-order valence-corrected chi connectivity index (χ4v) is 4.70. The highest BCUT2D eigenvalue weighted by Gasteiger charge is 2.50. The average Bonchev–Trinajstić information content (AvgIpc) is 3.26. The molecule has 7 nitrogen and oxygen atoms in total. The van der Waals surface area contributed by atoms with Crippen LogP contribution in [0, 0.1) is 0 Å². The third-order valence-electron chi connectivity index (χ3n) is 6.39. The van der Waals surface area contributed by atoms with Gasteiger partial charge in [-0.25, -0.2) is 10.4 Å². The van der Waals surface area contributed by atoms with Gasteiger partial charge in [0.1, 0.15) is 11.9 Å². The second-order valence-electron chi connectivity index (χ2n) is 9.08. The smallest absolute Gasteiger partial charge is 0.266 e. The number of carbonyl (C=O) groups is 1. The van der Waals surface area contributed by atoms with Gasteiger partial charge in [-0.1, -0.05) is 57.9 Å². The zero-order valence-corrected chi connectivity index (χ0v) is 23.5. The number of nitrogens with zero attached hydrogens (tertiary/aromatic N) is 1. The van der Waals surface area contributed by atoms with Crippen molar-refractivity contribution in [2.24, 2.45) is 4.99 Å². The van der Waals surface area contributed by atoms with Crippen molar-refractivity contribution in [1.82, 2.24) is 10.9 Å². The van der Waals surface area contributed by atoms with E-state index in [4.69, 9.17) is 31.2 Å². The number of carbonyl (C=O) groups excluding carboxylic acids is 1. The maximum Gasteiger partial charge on any atom is 0.266 e. The van der Waals surface area contributed by atoms with Gasteiger partial charge in [-0.3, -0.25) is 10.2 Å². The highest BCUT2D eigenvalue weighted by molar-refractivity contribution is 9.10. The molecule has 3 aromatic rings. The maximum absolute atomic E-state index is 13.7. The van der Waals surface area contributed by atoms with Gasteiger partial charge in [0.05, 0.1) is 6.61 Å². The minimum Gasteiger partial charge on any atom is -0.494 e. The van der Waals surface area contributed by atoms with E-state index < -0.39 is 11.6 Å². The molecule has 200 valence electrons. The summed E-state index contributed by atoms with van der Waals surface area (Å²) in [7, 11) is 0. The molecule has 0 radical (unpaired) electrons. The molecule has 1 amide bonds. The van der Waals surface area contributed by atoms with Crippen LogP contribution in [0.4, 0.5) is 0 Å². The quantitative estimate of drug-likeness (QED) is 0.204. The number of aliphatic hydroxyl groups is 1. The molecule has 3 N–H and O–H groups in total. The van der Waals surface area contributed by atoms with E-state index >= 15 is 0 Å². The summed E-state index contributed by atoms with van der Waals surface area (Å²) in [5, 5.41) is 9.64. The first-order valence-corrected chi connectivity index (χ1v) is 13.7. The van der Waals surface area contributed by atoms with Crippen molar-refractivity contribution in [3.63, 3.8) is 0 Å². The largest absolute Gasteiger partial charge is 0.494 e. The summed E-state index contributed by atoms with van der Waals surface area (Å²) in [6.45, 7) is 2.89. The van der Waals surface area contributed by atoms with Gasteiger partial charge < -0.3 is 14.6 Å². The van der Waals surface area contributed by atoms with Gasteiger partial charge >= 0.3 is 0 Å². The van der Waals surface area contributed by atoms with E-state index in [0.29, 0.717) is 49.1 Å². The number of hydrogen-bond acceptors (Lipinski definition) is 6. The van der Waals surface area contributed by atoms with Crippen LogP contribution in [0.25, 0.3) is 0 Å². The second-order valence-corrected chi connectivity index (χ2v) is 10.4. The van der Waals surface area contributed by atoms with Crippen molar-refractivity contribution in [1.29, 1.82) is 0 Å². The van der Waals surface area contributed by atoms with Crippen LogP contribution >= 0.6 is 27.5 Å². The molecule has 0 saturated heterocycles. The molecule has 0 aliphatic carbocycles. The van der Waals surface area contributed by atoms with Crippen LogP contribution < -0.4 is 15.6 Å². The Balaban J connectivity index is 1.51. The van der Waals surface area contributed by atoms with Crippen LogP contribution in [-0.2, 0) is 22.4 Å². The molecule has 0 fully saturated rings. The van der Waals surface area contributed by atoms with Crippen molar-refractivity contribution >= 4 is 39.3 Å². The predicted molar refractivity (Wildman–Crippen MR) is 153 cm³/mol. The summed E-state index contributed by atoms with van der Waals surface area (Å²) in [4.78, 5) is 18.5. The van der Waals surface area contributed by atoms with Crippen molar-refractivity contribution < 1.29 is 19.4 Å². The standard InChI is InChI=1S/C29H31BrClN3O4/c1-20-29(19-21-7-11-24(30)12-8-21,28(36)34-32-16-15-22-5-2-3-6-26(22)31)33-27(38-20)23-9-13-25(14-10-23)37-18-4-17-35/h2-3,5-14,20,32,35H,4,15-19H2,1H3,(H,34,36)/t20-,29-/m0/s1. The molecule has 1 aliphatic heterocycles. The molecule has 1 aliphatic rings. The number of aliphatic hydroxyl groups excluding tert-OH is 1. The van der Waals surface area contributed by atoms with Crippen molar-refractivity contribution in [2.45, 2.75) is 37.8 Å². The first-order chi connectivity index (χ1) is 18.4. The SMILES string of the molecule is C[C@@H]1OC(c2ccc(OCCCO)cc2)=N[C@]1(Cc1ccc(Br)cc1)C(=O)NNCCc1ccccc1Cl. The van der Waals surface area contributed by atoms with E-state index in [9.17, 15) is 4.79 Å². The summed E-state index contributed by atoms with van der Waals surface area (Å²) in [6, 6.07) is 22.9. The van der Waals surface area contributed by atoms with Gasteiger partial charge in [0, 0.05) is 41.1 Å². The molecule has 0 saturated carbocycles. The van der Waals surface area contributed by atoms with E-state index in [0.717, 1.165) is 21.2 Å². The highest BCUT2D eigenvalue weighted by atomic mass is 79.9. The molecule has 38 heavy (non-hydrogen) atoms. The molecule has 3 aromatic carbocycles. The van der Waals surface area contributed by atoms with Gasteiger partial charge in [-0.15, -0.1) is 0 Å². The lowest BCUT2D eigenvalue weighted by Gasteiger charge is -2.28. The Labute approximate surface area is 236 Å². The molecular weight excluding hydrogens is 570 g/mol. The molecule has 1 heterocycles. The molecular formula is C29H31BrClN3O4. The number of benzene rings is 3. The lowest BCUT2D eigenvalue weighted by atomic mass is 9.86. The average molecular weight is 601 g/mol. The zero-order chi connectivity index (χ0) is 27.0. The number of nitrogens with one attached hydrogen (secondary N) is 2. The summed E-state index contributed by atoms with van der Waals surface area (Å²) in [5.74, 6) is 0.823. The molecule has 4 rings (SSSR count). The van der Waals surface area contributed by atoms with Gasteiger partial charge in [0.25, 0.3) is 5.91 Å². The Morgan fingerprint density at radius 2 is 1.87 bits per heavy atom. The number of aliphatic imine (C=N–C) groups is 1. The van der Waals surface area contributed by atoms with E-state index in [2.05, 4.69) is 26.8 Å². The van der Waals surface area contributed by atoms with E-state index in [1.54, 1.807) is 0 Å². The van der Waals surface area contributed by atoms with Gasteiger partial charge in [-0.2, -0.15) is 0 Å². The molecule has 0 aromatic heterocycles. The van der Waals surface area contributed by atoms with Crippen molar-refractivity contribution in [2.75, 3.05) is 19.8 Å². The van der Waals surface area contributed by atoms with Crippen LogP contribution in [0.15, 0.2) is 82.3 Å². The van der Waals surface area contributed by atoms with Gasteiger partial charge in [0.15, 0.2) is 5.54 Å². The Hall–Kier alpha value is -2.91. The zero-order valence-electron chi connectivity index (χ0n) is 21.1. The third-order valence-corrected chi connectivity index (χ3v) is 7.29. The Bertz CT molecular complexity index is 1250. The molecule has 0 spiro atoms. The fraction of sp³-hybridized carbons (Fsp3) is 0.310. The Morgan fingerprint density at radius 1 is 1.13 bits per heavy atom. The molecule has 9 heteroatoms. The van der Waals surface area contributed by atoms with E-state index in [-0.39, 0.29) is 12.5 Å². The molecule has 0 unspecified atom stereocenters. The number of hydrogen-bond donors (Lipinski definition) is 3. The lowest BCUT2D eigenvalue weighted by molar-refractivity contribution is -0.129. The van der Waals surface area contributed by atoms with Crippen LogP contribution in [0.5, 0.6) is 5.75 Å². The van der Waals surface area contributed by atoms with Crippen LogP contribution in [-0.4, -0.2) is 48.3 Å². The van der Waals surface area contributed by atoms with E-state index in [1.807, 2.05) is 79.7 Å². The van der Waals surface area contributed by atoms with Crippen LogP contribution in [0.3, 0.4) is 0 Å². The number of halogens is 2. The van der Waals surface area contributed by atoms with Gasteiger partial charge in [-0.05, 0) is 66.9 Å². The van der Waals surface area contributed by atoms with Crippen LogP contribution in [0.1, 0.15) is 30.0 Å². The normalized spacial score (nSPS) is 18.5. The van der Waals surface area contributed by atoms with Gasteiger partial charge in [0.2, 0.25) is 5.90 Å². The minimum absolute atomic E-state index is 0.0813. The third kappa shape index (κ3) is 6.94. The minimum atomic E-state index is -1.17. The Morgan fingerprint density at radius 3 is 2.58 bits per heavy atom. The predicted octanol–water partition coefficient (Wildman–Crippen LogP) is 4.87. The van der Waals surface area contributed by atoms with Crippen LogP contribution in [0.2, 0.25) is 5.02 Å². The lowest BCUT2D eigenvalue weighted by Crippen LogP contribution is -2.56. The topological polar surface area (TPSA) is 92.2 Å². The summed E-state index contributed by atoms with van der Waals surface area (Å²) in [6.07, 6.45) is 1.08. The molecule has 0 bridgehead atoms. The second kappa shape index (κ2) is 13.2. The summed E-state index contributed by atoms with van der Waals surface area (Å²) < 4.78 is 12.8. The van der Waals surface area contributed by atoms with E-state index in [1.165, 1.54) is 0 Å². The summed E-state index contributed by atoms with van der Waals surface area (Å²) in [5.41, 5.74) is 7.45. The fourth-order valence-electron chi connectivity index (χ4n) is 4.21. The monoisotopic (exact) mass is 599 g/mol. The first-order valence-electron chi connectivity index (χ1n) is 12.5. The maximum atomic E-state index is 13.7. The number of ether oxygens (including phenoxy) is 2. The van der Waals surface area contributed by atoms with Crippen molar-refractivity contribution in [3.05, 3.63) is 99.0 Å². The number of amides is 1. The number of rotatable bonds is 12. The molecule has 2 atom stereocenters. The summed E-state index contributed by atoms with van der Waals surface area (Å²) >= 11 is 9.73. The Kier molecular flexibility index (Phi) is 9.80. The number of hydrazine groups is 1. The van der Waals surface area contributed by atoms with Crippen molar-refractivity contribution in [3.8, 4) is 5.75 Å². The highest BCUT2D eigenvalue weighted by Crippen LogP contribution is 2.33.